The predicted molar refractivity (Wildman–Crippen MR) is 106 cm³/mol. The summed E-state index contributed by atoms with van der Waals surface area (Å²) in [5.41, 5.74) is 1.86. The van der Waals surface area contributed by atoms with E-state index in [-0.39, 0.29) is 30.9 Å². The number of carbonyl (C=O) groups is 2. The molecule has 0 heterocycles. The van der Waals surface area contributed by atoms with Crippen LogP contribution in [0.2, 0.25) is 0 Å². The Kier molecular flexibility index (Phi) is 8.10. The van der Waals surface area contributed by atoms with Crippen LogP contribution >= 0.6 is 0 Å². The molecule has 26 heavy (non-hydrogen) atoms. The van der Waals surface area contributed by atoms with E-state index in [4.69, 9.17) is 0 Å². The lowest BCUT2D eigenvalue weighted by Crippen LogP contribution is -2.47. The molecule has 0 spiro atoms. The third-order valence-corrected chi connectivity index (χ3v) is 5.15. The fourth-order valence-corrected chi connectivity index (χ4v) is 3.62. The molecule has 2 amide bonds. The molecule has 0 bridgehead atoms. The van der Waals surface area contributed by atoms with Crippen LogP contribution in [-0.4, -0.2) is 42.4 Å². The Morgan fingerprint density at radius 2 is 1.81 bits per heavy atom. The molecule has 0 unspecified atom stereocenters. The van der Waals surface area contributed by atoms with Gasteiger partial charge in [0.25, 0.3) is 0 Å². The molecule has 144 valence electrons. The standard InChI is InChI=1S/C21H33N3O2/c1-4-13-24(14-20(25)22-18-11-7-5-9-16(18)2)15-21(26)23-19-12-8-6-10-17(19)3/h5,7,9,11,17,19H,4,6,8,10,12-15H2,1-3H3,(H,22,25)(H,23,26)/t17-,19-/m0/s1. The van der Waals surface area contributed by atoms with Gasteiger partial charge in [0.05, 0.1) is 13.1 Å². The van der Waals surface area contributed by atoms with Crippen molar-refractivity contribution in [1.29, 1.82) is 0 Å². The fourth-order valence-electron chi connectivity index (χ4n) is 3.62. The van der Waals surface area contributed by atoms with Crippen LogP contribution in [0.3, 0.4) is 0 Å². The first-order valence-corrected chi connectivity index (χ1v) is 9.86. The van der Waals surface area contributed by atoms with Crippen LogP contribution < -0.4 is 10.6 Å². The number of nitrogens with zero attached hydrogens (tertiary/aromatic N) is 1. The van der Waals surface area contributed by atoms with E-state index >= 15 is 0 Å². The maximum Gasteiger partial charge on any atom is 0.238 e. The Bertz CT molecular complexity index is 603. The molecule has 2 atom stereocenters. The molecule has 1 fully saturated rings. The van der Waals surface area contributed by atoms with E-state index in [2.05, 4.69) is 24.5 Å². The van der Waals surface area contributed by atoms with Crippen molar-refractivity contribution in [2.24, 2.45) is 5.92 Å². The molecule has 0 saturated heterocycles. The lowest BCUT2D eigenvalue weighted by Gasteiger charge is -2.30. The van der Waals surface area contributed by atoms with Crippen molar-refractivity contribution in [2.75, 3.05) is 25.0 Å². The number of amides is 2. The second-order valence-corrected chi connectivity index (χ2v) is 7.51. The summed E-state index contributed by atoms with van der Waals surface area (Å²) in [6, 6.07) is 8.00. The van der Waals surface area contributed by atoms with Crippen LogP contribution in [0.4, 0.5) is 5.69 Å². The summed E-state index contributed by atoms with van der Waals surface area (Å²) in [6.45, 7) is 7.48. The van der Waals surface area contributed by atoms with Crippen LogP contribution in [0.5, 0.6) is 0 Å². The van der Waals surface area contributed by atoms with Crippen molar-refractivity contribution in [2.45, 2.75) is 58.9 Å². The van der Waals surface area contributed by atoms with Gasteiger partial charge in [-0.25, -0.2) is 0 Å². The number of aryl methyl sites for hydroxylation is 1. The molecule has 1 aliphatic rings. The lowest BCUT2D eigenvalue weighted by atomic mass is 9.86. The molecule has 1 aliphatic carbocycles. The Hall–Kier alpha value is -1.88. The van der Waals surface area contributed by atoms with Gasteiger partial charge in [0.15, 0.2) is 0 Å². The highest BCUT2D eigenvalue weighted by Crippen LogP contribution is 2.23. The number of anilines is 1. The number of hydrogen-bond donors (Lipinski definition) is 2. The molecule has 5 nitrogen and oxygen atoms in total. The van der Waals surface area contributed by atoms with Gasteiger partial charge in [-0.15, -0.1) is 0 Å². The highest BCUT2D eigenvalue weighted by molar-refractivity contribution is 5.93. The van der Waals surface area contributed by atoms with E-state index < -0.39 is 0 Å². The molecular weight excluding hydrogens is 326 g/mol. The van der Waals surface area contributed by atoms with E-state index in [1.54, 1.807) is 0 Å². The highest BCUT2D eigenvalue weighted by atomic mass is 16.2. The molecule has 0 aromatic heterocycles. The molecule has 2 rings (SSSR count). The number of hydrogen-bond acceptors (Lipinski definition) is 3. The number of rotatable bonds is 8. The Balaban J connectivity index is 1.85. The monoisotopic (exact) mass is 359 g/mol. The summed E-state index contributed by atoms with van der Waals surface area (Å²) < 4.78 is 0. The van der Waals surface area contributed by atoms with Crippen molar-refractivity contribution in [3.63, 3.8) is 0 Å². The van der Waals surface area contributed by atoms with Crippen LogP contribution in [0.1, 0.15) is 51.5 Å². The average molecular weight is 360 g/mol. The Morgan fingerprint density at radius 3 is 2.50 bits per heavy atom. The number of para-hydroxylation sites is 1. The summed E-state index contributed by atoms with van der Waals surface area (Å²) in [5.74, 6) is 0.490. The summed E-state index contributed by atoms with van der Waals surface area (Å²) in [6.07, 6.45) is 5.60. The van der Waals surface area contributed by atoms with Gasteiger partial charge < -0.3 is 10.6 Å². The number of carbonyl (C=O) groups excluding carboxylic acids is 2. The van der Waals surface area contributed by atoms with Crippen LogP contribution in [0, 0.1) is 12.8 Å². The zero-order valence-corrected chi connectivity index (χ0v) is 16.4. The van der Waals surface area contributed by atoms with Gasteiger partial charge in [0.1, 0.15) is 0 Å². The van der Waals surface area contributed by atoms with E-state index in [1.807, 2.05) is 36.1 Å². The van der Waals surface area contributed by atoms with Crippen molar-refractivity contribution in [1.82, 2.24) is 10.2 Å². The topological polar surface area (TPSA) is 61.4 Å². The van der Waals surface area contributed by atoms with Crippen molar-refractivity contribution >= 4 is 17.5 Å². The first-order chi connectivity index (χ1) is 12.5. The molecule has 1 aromatic rings. The maximum atomic E-state index is 12.5. The summed E-state index contributed by atoms with van der Waals surface area (Å²) >= 11 is 0. The zero-order valence-electron chi connectivity index (χ0n) is 16.4. The van der Waals surface area contributed by atoms with E-state index in [0.717, 1.165) is 30.6 Å². The van der Waals surface area contributed by atoms with Crippen molar-refractivity contribution < 1.29 is 9.59 Å². The van der Waals surface area contributed by atoms with Crippen molar-refractivity contribution in [3.8, 4) is 0 Å². The second kappa shape index (κ2) is 10.3. The minimum absolute atomic E-state index is 0.0286. The normalized spacial score (nSPS) is 20.0. The maximum absolute atomic E-state index is 12.5. The molecule has 1 aromatic carbocycles. The van der Waals surface area contributed by atoms with E-state index in [0.29, 0.717) is 5.92 Å². The molecule has 0 radical (unpaired) electrons. The Labute approximate surface area is 157 Å². The largest absolute Gasteiger partial charge is 0.352 e. The second-order valence-electron chi connectivity index (χ2n) is 7.51. The van der Waals surface area contributed by atoms with Gasteiger partial charge in [0.2, 0.25) is 11.8 Å². The quantitative estimate of drug-likeness (QED) is 0.748. The Morgan fingerprint density at radius 1 is 1.12 bits per heavy atom. The smallest absolute Gasteiger partial charge is 0.238 e. The van der Waals surface area contributed by atoms with Gasteiger partial charge in [-0.2, -0.15) is 0 Å². The summed E-state index contributed by atoms with van der Waals surface area (Å²) in [4.78, 5) is 26.8. The van der Waals surface area contributed by atoms with E-state index in [9.17, 15) is 9.59 Å². The van der Waals surface area contributed by atoms with Crippen molar-refractivity contribution in [3.05, 3.63) is 29.8 Å². The van der Waals surface area contributed by atoms with Gasteiger partial charge in [-0.05, 0) is 50.3 Å². The summed E-state index contributed by atoms with van der Waals surface area (Å²) in [5, 5.41) is 6.13. The first kappa shape index (κ1) is 20.4. The molecular formula is C21H33N3O2. The zero-order chi connectivity index (χ0) is 18.9. The van der Waals surface area contributed by atoms with E-state index in [1.165, 1.54) is 19.3 Å². The SMILES string of the molecule is CCCN(CC(=O)Nc1ccccc1C)CC(=O)N[C@H]1CCCC[C@@H]1C. The van der Waals surface area contributed by atoms with Gasteiger partial charge in [-0.1, -0.05) is 44.9 Å². The first-order valence-electron chi connectivity index (χ1n) is 9.86. The fraction of sp³-hybridized carbons (Fsp3) is 0.619. The average Bonchev–Trinajstić information content (AvgIpc) is 2.59. The minimum atomic E-state index is -0.0772. The summed E-state index contributed by atoms with van der Waals surface area (Å²) in [7, 11) is 0. The molecule has 0 aliphatic heterocycles. The lowest BCUT2D eigenvalue weighted by molar-refractivity contribution is -0.124. The van der Waals surface area contributed by atoms with Crippen LogP contribution in [-0.2, 0) is 9.59 Å². The number of nitrogens with one attached hydrogen (secondary N) is 2. The van der Waals surface area contributed by atoms with Gasteiger partial charge >= 0.3 is 0 Å². The number of benzene rings is 1. The van der Waals surface area contributed by atoms with Crippen LogP contribution in [0.15, 0.2) is 24.3 Å². The minimum Gasteiger partial charge on any atom is -0.352 e. The van der Waals surface area contributed by atoms with Gasteiger partial charge in [0, 0.05) is 11.7 Å². The molecule has 2 N–H and O–H groups in total. The predicted octanol–water partition coefficient (Wildman–Crippen LogP) is 3.34. The molecule has 5 heteroatoms. The third kappa shape index (κ3) is 6.45. The molecule has 1 saturated carbocycles. The highest BCUT2D eigenvalue weighted by Gasteiger charge is 2.23. The van der Waals surface area contributed by atoms with Crippen LogP contribution in [0.25, 0.3) is 0 Å². The van der Waals surface area contributed by atoms with Gasteiger partial charge in [-0.3, -0.25) is 14.5 Å². The third-order valence-electron chi connectivity index (χ3n) is 5.15.